The summed E-state index contributed by atoms with van der Waals surface area (Å²) in [5, 5.41) is 13.3. The van der Waals surface area contributed by atoms with E-state index in [1.807, 2.05) is 18.4 Å². The molecule has 16 heavy (non-hydrogen) atoms. The summed E-state index contributed by atoms with van der Waals surface area (Å²) in [6.07, 6.45) is 0. The normalized spacial score (nSPS) is 12.5. The highest BCUT2D eigenvalue weighted by Gasteiger charge is 2.24. The van der Waals surface area contributed by atoms with Crippen molar-refractivity contribution in [2.45, 2.75) is 26.8 Å². The zero-order valence-corrected chi connectivity index (χ0v) is 10.3. The second kappa shape index (κ2) is 5.12. The average molecular weight is 241 g/mol. The van der Waals surface area contributed by atoms with Gasteiger partial charge in [-0.1, -0.05) is 13.8 Å². The number of thiophene rings is 1. The van der Waals surface area contributed by atoms with Gasteiger partial charge in [0.25, 0.3) is 5.91 Å². The van der Waals surface area contributed by atoms with Gasteiger partial charge in [-0.2, -0.15) is 0 Å². The largest absolute Gasteiger partial charge is 0.480 e. The first-order chi connectivity index (χ1) is 7.43. The van der Waals surface area contributed by atoms with Crippen LogP contribution in [0.4, 0.5) is 0 Å². The Labute approximate surface area is 98.3 Å². The summed E-state index contributed by atoms with van der Waals surface area (Å²) in [5.41, 5.74) is 0.871. The summed E-state index contributed by atoms with van der Waals surface area (Å²) in [4.78, 5) is 23.3. The van der Waals surface area contributed by atoms with E-state index in [1.54, 1.807) is 13.8 Å². The highest BCUT2D eigenvalue weighted by atomic mass is 32.1. The van der Waals surface area contributed by atoms with Gasteiger partial charge in [0.15, 0.2) is 0 Å². The molecule has 0 spiro atoms. The van der Waals surface area contributed by atoms with E-state index in [2.05, 4.69) is 5.32 Å². The standard InChI is InChI=1S/C11H15NO3S/c1-6(2)8(11(14)15)12-10(13)9-7(3)4-5-16-9/h4-6,8H,1-3H3,(H,12,13)(H,14,15)/t8-/m0/s1. The molecule has 4 nitrogen and oxygen atoms in total. The fraction of sp³-hybridized carbons (Fsp3) is 0.455. The molecule has 5 heteroatoms. The molecule has 0 aliphatic rings. The summed E-state index contributed by atoms with van der Waals surface area (Å²) in [7, 11) is 0. The van der Waals surface area contributed by atoms with Crippen molar-refractivity contribution >= 4 is 23.2 Å². The van der Waals surface area contributed by atoms with Crippen molar-refractivity contribution < 1.29 is 14.7 Å². The van der Waals surface area contributed by atoms with E-state index in [1.165, 1.54) is 11.3 Å². The number of carboxylic acids is 1. The minimum Gasteiger partial charge on any atom is -0.480 e. The van der Waals surface area contributed by atoms with Crippen molar-refractivity contribution in [3.05, 3.63) is 21.9 Å². The van der Waals surface area contributed by atoms with Crippen LogP contribution in [-0.4, -0.2) is 23.0 Å². The Morgan fingerprint density at radius 3 is 2.44 bits per heavy atom. The number of hydrogen-bond donors (Lipinski definition) is 2. The van der Waals surface area contributed by atoms with Crippen LogP contribution in [-0.2, 0) is 4.79 Å². The van der Waals surface area contributed by atoms with Crippen LogP contribution in [0.15, 0.2) is 11.4 Å². The zero-order valence-electron chi connectivity index (χ0n) is 9.48. The summed E-state index contributed by atoms with van der Waals surface area (Å²) in [6.45, 7) is 5.36. The van der Waals surface area contributed by atoms with Crippen molar-refractivity contribution in [3.63, 3.8) is 0 Å². The first kappa shape index (κ1) is 12.7. The number of amides is 1. The van der Waals surface area contributed by atoms with Gasteiger partial charge >= 0.3 is 5.97 Å². The molecule has 1 rings (SSSR count). The maximum Gasteiger partial charge on any atom is 0.326 e. The number of hydrogen-bond acceptors (Lipinski definition) is 3. The van der Waals surface area contributed by atoms with Crippen LogP contribution < -0.4 is 5.32 Å². The molecule has 88 valence electrons. The maximum absolute atomic E-state index is 11.8. The lowest BCUT2D eigenvalue weighted by molar-refractivity contribution is -0.140. The average Bonchev–Trinajstić information content (AvgIpc) is 2.59. The third-order valence-electron chi connectivity index (χ3n) is 2.29. The molecule has 0 radical (unpaired) electrons. The molecular weight excluding hydrogens is 226 g/mol. The van der Waals surface area contributed by atoms with Gasteiger partial charge in [0.2, 0.25) is 0 Å². The molecule has 0 aromatic carbocycles. The lowest BCUT2D eigenvalue weighted by Gasteiger charge is -2.17. The maximum atomic E-state index is 11.8. The van der Waals surface area contributed by atoms with Crippen LogP contribution in [0.1, 0.15) is 29.1 Å². The van der Waals surface area contributed by atoms with Gasteiger partial charge in [-0.3, -0.25) is 4.79 Å². The van der Waals surface area contributed by atoms with E-state index in [9.17, 15) is 9.59 Å². The molecule has 1 amide bonds. The summed E-state index contributed by atoms with van der Waals surface area (Å²) in [6, 6.07) is 0.999. The fourth-order valence-corrected chi connectivity index (χ4v) is 2.15. The predicted octanol–water partition coefficient (Wildman–Crippen LogP) is 1.90. The van der Waals surface area contributed by atoms with Crippen molar-refractivity contribution in [3.8, 4) is 0 Å². The Bertz CT molecular complexity index is 398. The van der Waals surface area contributed by atoms with E-state index in [4.69, 9.17) is 5.11 Å². The quantitative estimate of drug-likeness (QED) is 0.846. The molecule has 2 N–H and O–H groups in total. The number of aliphatic carboxylic acids is 1. The minimum atomic E-state index is -1.00. The van der Waals surface area contributed by atoms with Crippen LogP contribution in [0.5, 0.6) is 0 Å². The van der Waals surface area contributed by atoms with Gasteiger partial charge in [-0.05, 0) is 29.9 Å². The summed E-state index contributed by atoms with van der Waals surface area (Å²) < 4.78 is 0. The SMILES string of the molecule is Cc1ccsc1C(=O)N[C@H](C(=O)O)C(C)C. The highest BCUT2D eigenvalue weighted by molar-refractivity contribution is 7.12. The molecule has 1 heterocycles. The molecule has 0 saturated heterocycles. The number of carbonyl (C=O) groups is 2. The number of carboxylic acid groups (broad SMARTS) is 1. The van der Waals surface area contributed by atoms with Gasteiger partial charge in [0.1, 0.15) is 6.04 Å². The van der Waals surface area contributed by atoms with Gasteiger partial charge in [-0.25, -0.2) is 4.79 Å². The number of rotatable bonds is 4. The van der Waals surface area contributed by atoms with Crippen LogP contribution >= 0.6 is 11.3 Å². The van der Waals surface area contributed by atoms with E-state index >= 15 is 0 Å². The number of aryl methyl sites for hydroxylation is 1. The van der Waals surface area contributed by atoms with Crippen molar-refractivity contribution in [1.82, 2.24) is 5.32 Å². The topological polar surface area (TPSA) is 66.4 Å². The van der Waals surface area contributed by atoms with Crippen LogP contribution in [0, 0.1) is 12.8 Å². The van der Waals surface area contributed by atoms with Crippen molar-refractivity contribution in [1.29, 1.82) is 0 Å². The monoisotopic (exact) mass is 241 g/mol. The molecule has 1 aromatic heterocycles. The molecular formula is C11H15NO3S. The zero-order chi connectivity index (χ0) is 12.3. The Morgan fingerprint density at radius 2 is 2.06 bits per heavy atom. The molecule has 1 aromatic rings. The first-order valence-corrected chi connectivity index (χ1v) is 5.89. The molecule has 0 fully saturated rings. The summed E-state index contributed by atoms with van der Waals surface area (Å²) in [5.74, 6) is -1.45. The second-order valence-corrected chi connectivity index (χ2v) is 4.88. The van der Waals surface area contributed by atoms with Crippen LogP contribution in [0.2, 0.25) is 0 Å². The molecule has 1 atom stereocenters. The Balaban J connectivity index is 2.77. The van der Waals surface area contributed by atoms with E-state index < -0.39 is 12.0 Å². The third kappa shape index (κ3) is 2.82. The van der Waals surface area contributed by atoms with Gasteiger partial charge in [-0.15, -0.1) is 11.3 Å². The number of carbonyl (C=O) groups excluding carboxylic acids is 1. The lowest BCUT2D eigenvalue weighted by Crippen LogP contribution is -2.44. The molecule has 0 unspecified atom stereocenters. The third-order valence-corrected chi connectivity index (χ3v) is 3.30. The highest BCUT2D eigenvalue weighted by Crippen LogP contribution is 2.16. The van der Waals surface area contributed by atoms with E-state index in [0.717, 1.165) is 5.56 Å². The van der Waals surface area contributed by atoms with Crippen LogP contribution in [0.25, 0.3) is 0 Å². The molecule has 0 aliphatic heterocycles. The van der Waals surface area contributed by atoms with Crippen LogP contribution in [0.3, 0.4) is 0 Å². The smallest absolute Gasteiger partial charge is 0.326 e. The predicted molar refractivity (Wildman–Crippen MR) is 62.8 cm³/mol. The van der Waals surface area contributed by atoms with Crippen molar-refractivity contribution in [2.24, 2.45) is 5.92 Å². The Hall–Kier alpha value is -1.36. The van der Waals surface area contributed by atoms with Gasteiger partial charge < -0.3 is 10.4 Å². The number of nitrogens with one attached hydrogen (secondary N) is 1. The van der Waals surface area contributed by atoms with Crippen molar-refractivity contribution in [2.75, 3.05) is 0 Å². The van der Waals surface area contributed by atoms with E-state index in [0.29, 0.717) is 4.88 Å². The first-order valence-electron chi connectivity index (χ1n) is 5.01. The molecule has 0 bridgehead atoms. The Kier molecular flexibility index (Phi) is 4.06. The summed E-state index contributed by atoms with van der Waals surface area (Å²) >= 11 is 1.32. The van der Waals surface area contributed by atoms with Gasteiger partial charge in [0.05, 0.1) is 4.88 Å². The lowest BCUT2D eigenvalue weighted by atomic mass is 10.0. The molecule has 0 saturated carbocycles. The fourth-order valence-electron chi connectivity index (χ4n) is 1.33. The van der Waals surface area contributed by atoms with Gasteiger partial charge in [0, 0.05) is 0 Å². The second-order valence-electron chi connectivity index (χ2n) is 3.97. The molecule has 0 aliphatic carbocycles. The minimum absolute atomic E-state index is 0.137. The van der Waals surface area contributed by atoms with E-state index in [-0.39, 0.29) is 11.8 Å². The Morgan fingerprint density at radius 1 is 1.44 bits per heavy atom.